The van der Waals surface area contributed by atoms with Crippen molar-refractivity contribution in [3.8, 4) is 0 Å². The Morgan fingerprint density at radius 2 is 2.21 bits per heavy atom. The molecule has 1 aliphatic rings. The summed E-state index contributed by atoms with van der Waals surface area (Å²) in [7, 11) is 0.967. The Hall–Kier alpha value is -0.780. The van der Waals surface area contributed by atoms with Crippen LogP contribution in [0.25, 0.3) is 0 Å². The van der Waals surface area contributed by atoms with Crippen LogP contribution in [0.4, 0.5) is 5.69 Å². The van der Waals surface area contributed by atoms with Crippen molar-refractivity contribution in [2.75, 3.05) is 30.5 Å². The number of rotatable bonds is 4. The quantitative estimate of drug-likeness (QED) is 0.919. The van der Waals surface area contributed by atoms with Gasteiger partial charge in [0.2, 0.25) is 0 Å². The summed E-state index contributed by atoms with van der Waals surface area (Å²) in [6.45, 7) is 0.708. The molecule has 1 heterocycles. The van der Waals surface area contributed by atoms with Gasteiger partial charge in [-0.3, -0.25) is 0 Å². The Morgan fingerprint density at radius 3 is 2.79 bits per heavy atom. The lowest BCUT2D eigenvalue weighted by Gasteiger charge is -2.28. The van der Waals surface area contributed by atoms with Crippen molar-refractivity contribution in [3.63, 3.8) is 0 Å². The van der Waals surface area contributed by atoms with Gasteiger partial charge in [-0.05, 0) is 37.2 Å². The van der Waals surface area contributed by atoms with Crippen molar-refractivity contribution < 1.29 is 8.42 Å². The van der Waals surface area contributed by atoms with Gasteiger partial charge in [0.15, 0.2) is 9.84 Å². The summed E-state index contributed by atoms with van der Waals surface area (Å²) in [5.41, 5.74) is 2.13. The second-order valence-electron chi connectivity index (χ2n) is 4.97. The molecule has 1 aromatic rings. The molecule has 1 saturated heterocycles. The zero-order valence-corrected chi connectivity index (χ0v) is 12.8. The van der Waals surface area contributed by atoms with Gasteiger partial charge in [0, 0.05) is 30.3 Å². The van der Waals surface area contributed by atoms with E-state index >= 15 is 0 Å². The Balaban J connectivity index is 2.26. The van der Waals surface area contributed by atoms with Crippen molar-refractivity contribution >= 4 is 27.1 Å². The van der Waals surface area contributed by atoms with Crippen molar-refractivity contribution in [2.45, 2.75) is 19.0 Å². The third-order valence-electron chi connectivity index (χ3n) is 3.54. The van der Waals surface area contributed by atoms with Gasteiger partial charge < -0.3 is 10.2 Å². The molecule has 0 aromatic heterocycles. The van der Waals surface area contributed by atoms with Crippen LogP contribution in [0, 0.1) is 0 Å². The van der Waals surface area contributed by atoms with Crippen LogP contribution in [0.5, 0.6) is 0 Å². The fourth-order valence-electron chi connectivity index (χ4n) is 2.51. The molecule has 1 unspecified atom stereocenters. The zero-order valence-electron chi connectivity index (χ0n) is 11.2. The minimum Gasteiger partial charge on any atom is -0.370 e. The van der Waals surface area contributed by atoms with E-state index in [-0.39, 0.29) is 17.5 Å². The molecule has 0 aliphatic carbocycles. The highest BCUT2D eigenvalue weighted by molar-refractivity contribution is 7.91. The number of nitrogens with one attached hydrogen (secondary N) is 1. The smallest absolute Gasteiger partial charge is 0.152 e. The molecule has 1 N–H and O–H groups in total. The molecular formula is C13H19ClN2O2S. The van der Waals surface area contributed by atoms with Crippen LogP contribution in [0.2, 0.25) is 5.02 Å². The molecule has 2 rings (SSSR count). The molecule has 1 atom stereocenters. The first-order chi connectivity index (χ1) is 8.93. The molecule has 19 heavy (non-hydrogen) atoms. The standard InChI is InChI=1S/C13H19ClN2O2S/c1-15-8-10-7-11(14)3-4-13(10)16(2)12-5-6-19(17,18)9-12/h3-4,7,12,15H,5-6,8-9H2,1-2H3. The number of sulfone groups is 1. The molecule has 1 aromatic carbocycles. The van der Waals surface area contributed by atoms with Crippen molar-refractivity contribution in [1.29, 1.82) is 0 Å². The van der Waals surface area contributed by atoms with E-state index in [4.69, 9.17) is 11.6 Å². The van der Waals surface area contributed by atoms with E-state index < -0.39 is 9.84 Å². The first-order valence-electron chi connectivity index (χ1n) is 6.29. The summed E-state index contributed by atoms with van der Waals surface area (Å²) >= 11 is 6.02. The largest absolute Gasteiger partial charge is 0.370 e. The number of anilines is 1. The number of halogens is 1. The highest BCUT2D eigenvalue weighted by Crippen LogP contribution is 2.28. The third-order valence-corrected chi connectivity index (χ3v) is 5.53. The van der Waals surface area contributed by atoms with E-state index in [2.05, 4.69) is 10.2 Å². The van der Waals surface area contributed by atoms with Gasteiger partial charge >= 0.3 is 0 Å². The second kappa shape index (κ2) is 5.69. The molecule has 0 spiro atoms. The van der Waals surface area contributed by atoms with Gasteiger partial charge in [-0.2, -0.15) is 0 Å². The molecule has 6 heteroatoms. The first kappa shape index (κ1) is 14.6. The Labute approximate surface area is 119 Å². The molecule has 4 nitrogen and oxygen atoms in total. The molecule has 0 radical (unpaired) electrons. The van der Waals surface area contributed by atoms with Crippen LogP contribution in [0.3, 0.4) is 0 Å². The maximum Gasteiger partial charge on any atom is 0.152 e. The third kappa shape index (κ3) is 3.41. The summed E-state index contributed by atoms with van der Waals surface area (Å²) in [5, 5.41) is 3.81. The van der Waals surface area contributed by atoms with Gasteiger partial charge in [0.05, 0.1) is 11.5 Å². The summed E-state index contributed by atoms with van der Waals surface area (Å²) in [6.07, 6.45) is 0.695. The molecular weight excluding hydrogens is 284 g/mol. The highest BCUT2D eigenvalue weighted by Gasteiger charge is 2.31. The molecule has 0 amide bonds. The highest BCUT2D eigenvalue weighted by atomic mass is 35.5. The maximum absolute atomic E-state index is 11.6. The fourth-order valence-corrected chi connectivity index (χ4v) is 4.48. The first-order valence-corrected chi connectivity index (χ1v) is 8.49. The average Bonchev–Trinajstić information content (AvgIpc) is 2.70. The monoisotopic (exact) mass is 302 g/mol. The van der Waals surface area contributed by atoms with Crippen LogP contribution in [0.15, 0.2) is 18.2 Å². The lowest BCUT2D eigenvalue weighted by atomic mass is 10.1. The molecule has 106 valence electrons. The van der Waals surface area contributed by atoms with Crippen LogP contribution < -0.4 is 10.2 Å². The van der Waals surface area contributed by atoms with E-state index in [0.717, 1.165) is 11.3 Å². The van der Waals surface area contributed by atoms with Crippen LogP contribution >= 0.6 is 11.6 Å². The minimum atomic E-state index is -2.87. The number of hydrogen-bond acceptors (Lipinski definition) is 4. The Morgan fingerprint density at radius 1 is 1.47 bits per heavy atom. The van der Waals surface area contributed by atoms with Crippen LogP contribution in [0.1, 0.15) is 12.0 Å². The van der Waals surface area contributed by atoms with Gasteiger partial charge in [-0.15, -0.1) is 0 Å². The predicted octanol–water partition coefficient (Wildman–Crippen LogP) is 1.68. The van der Waals surface area contributed by atoms with Crippen molar-refractivity contribution in [1.82, 2.24) is 5.32 Å². The zero-order chi connectivity index (χ0) is 14.0. The summed E-state index contributed by atoms with van der Waals surface area (Å²) in [5.74, 6) is 0.530. The number of hydrogen-bond donors (Lipinski definition) is 1. The predicted molar refractivity (Wildman–Crippen MR) is 79.7 cm³/mol. The van der Waals surface area contributed by atoms with Crippen LogP contribution in [-0.2, 0) is 16.4 Å². The molecule has 1 fully saturated rings. The Bertz CT molecular complexity index is 560. The number of benzene rings is 1. The van der Waals surface area contributed by atoms with E-state index in [1.807, 2.05) is 32.3 Å². The van der Waals surface area contributed by atoms with Gasteiger partial charge in [-0.1, -0.05) is 11.6 Å². The van der Waals surface area contributed by atoms with E-state index in [1.54, 1.807) is 0 Å². The van der Waals surface area contributed by atoms with E-state index in [1.165, 1.54) is 0 Å². The van der Waals surface area contributed by atoms with Gasteiger partial charge in [0.1, 0.15) is 0 Å². The van der Waals surface area contributed by atoms with Gasteiger partial charge in [0.25, 0.3) is 0 Å². The molecule has 0 bridgehead atoms. The fraction of sp³-hybridized carbons (Fsp3) is 0.538. The summed E-state index contributed by atoms with van der Waals surface area (Å²) < 4.78 is 23.2. The average molecular weight is 303 g/mol. The lowest BCUT2D eigenvalue weighted by molar-refractivity contribution is 0.600. The second-order valence-corrected chi connectivity index (χ2v) is 7.64. The maximum atomic E-state index is 11.6. The normalized spacial score (nSPS) is 21.5. The SMILES string of the molecule is CNCc1cc(Cl)ccc1N(C)C1CCS(=O)(=O)C1. The van der Waals surface area contributed by atoms with Crippen molar-refractivity contribution in [3.05, 3.63) is 28.8 Å². The van der Waals surface area contributed by atoms with E-state index in [9.17, 15) is 8.42 Å². The van der Waals surface area contributed by atoms with Gasteiger partial charge in [-0.25, -0.2) is 8.42 Å². The molecule has 1 aliphatic heterocycles. The van der Waals surface area contributed by atoms with Crippen molar-refractivity contribution in [2.24, 2.45) is 0 Å². The summed E-state index contributed by atoms with van der Waals surface area (Å²) in [4.78, 5) is 2.06. The lowest BCUT2D eigenvalue weighted by Crippen LogP contribution is -2.33. The van der Waals surface area contributed by atoms with Crippen LogP contribution in [-0.4, -0.2) is 40.1 Å². The number of nitrogens with zero attached hydrogens (tertiary/aromatic N) is 1. The minimum absolute atomic E-state index is 0.0572. The van der Waals surface area contributed by atoms with E-state index in [0.29, 0.717) is 18.0 Å². The topological polar surface area (TPSA) is 49.4 Å². The molecule has 0 saturated carbocycles. The summed E-state index contributed by atoms with van der Waals surface area (Å²) in [6, 6.07) is 5.78. The Kier molecular flexibility index (Phi) is 4.38.